The number of aliphatic hydroxyl groups excluding tert-OH is 1. The molecule has 0 bridgehead atoms. The van der Waals surface area contributed by atoms with Crippen LogP contribution in [0, 0.1) is 0 Å². The average Bonchev–Trinajstić information content (AvgIpc) is 2.75. The highest BCUT2D eigenvalue weighted by molar-refractivity contribution is 7.80. The molecule has 0 saturated carbocycles. The van der Waals surface area contributed by atoms with Gasteiger partial charge in [0, 0.05) is 27.4 Å². The molecule has 0 aliphatic rings. The molecule has 1 aromatic heterocycles. The van der Waals surface area contributed by atoms with Crippen LogP contribution in [0.3, 0.4) is 0 Å². The molecule has 0 spiro atoms. The van der Waals surface area contributed by atoms with E-state index in [4.69, 9.17) is 28.2 Å². The van der Waals surface area contributed by atoms with Crippen molar-refractivity contribution in [1.29, 1.82) is 0 Å². The topological polar surface area (TPSA) is 53.6 Å². The summed E-state index contributed by atoms with van der Waals surface area (Å²) in [6.07, 6.45) is 0. The molecule has 0 aliphatic heterocycles. The Labute approximate surface area is 125 Å². The first-order valence-electron chi connectivity index (χ1n) is 5.98. The molecule has 3 aromatic rings. The van der Waals surface area contributed by atoms with E-state index in [1.54, 1.807) is 30.3 Å². The summed E-state index contributed by atoms with van der Waals surface area (Å²) in [6, 6.07) is 10.5. The number of fused-ring (bicyclic) bond motifs is 3. The minimum atomic E-state index is -1.62. The van der Waals surface area contributed by atoms with E-state index in [0.717, 1.165) is 10.8 Å². The Morgan fingerprint density at radius 3 is 2.70 bits per heavy atom. The van der Waals surface area contributed by atoms with Crippen LogP contribution < -0.4 is 0 Å². The molecule has 2 aromatic carbocycles. The number of furan rings is 1. The first kappa shape index (κ1) is 13.4. The monoisotopic (exact) mass is 306 g/mol. The van der Waals surface area contributed by atoms with Gasteiger partial charge < -0.3 is 14.6 Å². The van der Waals surface area contributed by atoms with E-state index in [1.165, 1.54) is 6.92 Å². The highest BCUT2D eigenvalue weighted by atomic mass is 35.5. The van der Waals surface area contributed by atoms with Gasteiger partial charge in [0.1, 0.15) is 11.2 Å². The van der Waals surface area contributed by atoms with Crippen molar-refractivity contribution in [1.82, 2.24) is 0 Å². The van der Waals surface area contributed by atoms with Crippen LogP contribution in [0.25, 0.3) is 21.9 Å². The van der Waals surface area contributed by atoms with Crippen molar-refractivity contribution < 1.29 is 14.6 Å². The van der Waals surface area contributed by atoms with Crippen molar-refractivity contribution in [3.05, 3.63) is 47.0 Å². The predicted octanol–water partition coefficient (Wildman–Crippen LogP) is 4.33. The largest absolute Gasteiger partial charge is 0.500 e. The second-order valence-electron chi connectivity index (χ2n) is 4.80. The molecule has 3 nitrogen and oxygen atoms in total. The molecule has 3 rings (SSSR count). The first-order chi connectivity index (χ1) is 9.41. The number of hydrogen-bond donors (Lipinski definition) is 2. The van der Waals surface area contributed by atoms with E-state index < -0.39 is 10.7 Å². The lowest BCUT2D eigenvalue weighted by Gasteiger charge is -2.21. The van der Waals surface area contributed by atoms with Crippen molar-refractivity contribution in [2.24, 2.45) is 0 Å². The predicted molar refractivity (Wildman–Crippen MR) is 83.5 cm³/mol. The third-order valence-corrected chi connectivity index (χ3v) is 4.03. The van der Waals surface area contributed by atoms with Gasteiger partial charge >= 0.3 is 0 Å². The van der Waals surface area contributed by atoms with E-state index in [9.17, 15) is 10.2 Å². The number of aliphatic hydroxyl groups is 2. The fourth-order valence-electron chi connectivity index (χ4n) is 2.32. The Bertz CT molecular complexity index is 836. The van der Waals surface area contributed by atoms with Crippen LogP contribution in [0.15, 0.2) is 40.8 Å². The normalized spacial score (nSPS) is 14.6. The van der Waals surface area contributed by atoms with Crippen molar-refractivity contribution in [2.75, 3.05) is 0 Å². The summed E-state index contributed by atoms with van der Waals surface area (Å²) >= 11 is 10.7. The molecule has 0 amide bonds. The van der Waals surface area contributed by atoms with Gasteiger partial charge in [-0.1, -0.05) is 23.7 Å². The molecule has 1 atom stereocenters. The second kappa shape index (κ2) is 4.45. The van der Waals surface area contributed by atoms with Gasteiger partial charge in [0.25, 0.3) is 0 Å². The molecular weight excluding hydrogens is 296 g/mol. The van der Waals surface area contributed by atoms with E-state index in [0.29, 0.717) is 21.8 Å². The highest BCUT2D eigenvalue weighted by Crippen LogP contribution is 2.37. The summed E-state index contributed by atoms with van der Waals surface area (Å²) in [5.74, 6) is 0. The van der Waals surface area contributed by atoms with Gasteiger partial charge in [-0.3, -0.25) is 0 Å². The van der Waals surface area contributed by atoms with E-state index in [1.807, 2.05) is 6.07 Å². The molecule has 0 radical (unpaired) electrons. The van der Waals surface area contributed by atoms with Gasteiger partial charge in [-0.15, -0.1) is 0 Å². The van der Waals surface area contributed by atoms with Crippen LogP contribution >= 0.6 is 23.8 Å². The van der Waals surface area contributed by atoms with Crippen LogP contribution in [0.5, 0.6) is 0 Å². The maximum atomic E-state index is 10.4. The third-order valence-electron chi connectivity index (χ3n) is 3.40. The number of hydrogen-bond acceptors (Lipinski definition) is 3. The molecule has 2 N–H and O–H groups in total. The molecule has 0 fully saturated rings. The molecular formula is C15H11ClO3S. The summed E-state index contributed by atoms with van der Waals surface area (Å²) in [5, 5.41) is 21.6. The lowest BCUT2D eigenvalue weighted by molar-refractivity contribution is 0.117. The lowest BCUT2D eigenvalue weighted by atomic mass is 9.92. The Hall–Kier alpha value is -1.62. The Morgan fingerprint density at radius 1 is 1.25 bits per heavy atom. The van der Waals surface area contributed by atoms with E-state index >= 15 is 0 Å². The molecule has 1 unspecified atom stereocenters. The van der Waals surface area contributed by atoms with Crippen LogP contribution in [0.2, 0.25) is 5.02 Å². The van der Waals surface area contributed by atoms with Crippen molar-refractivity contribution in [3.63, 3.8) is 0 Å². The van der Waals surface area contributed by atoms with Crippen LogP contribution in [0.1, 0.15) is 12.5 Å². The highest BCUT2D eigenvalue weighted by Gasteiger charge is 2.31. The van der Waals surface area contributed by atoms with Gasteiger partial charge in [0.15, 0.2) is 10.7 Å². The van der Waals surface area contributed by atoms with Crippen LogP contribution in [-0.2, 0) is 5.60 Å². The maximum absolute atomic E-state index is 10.4. The fraction of sp³-hybridized carbons (Fsp3) is 0.133. The maximum Gasteiger partial charge on any atom is 0.193 e. The lowest BCUT2D eigenvalue weighted by Crippen LogP contribution is -2.30. The zero-order valence-corrected chi connectivity index (χ0v) is 12.1. The third kappa shape index (κ3) is 1.88. The van der Waals surface area contributed by atoms with E-state index in [-0.39, 0.29) is 0 Å². The number of rotatable bonds is 2. The zero-order valence-electron chi connectivity index (χ0n) is 10.6. The van der Waals surface area contributed by atoms with Crippen molar-refractivity contribution in [2.45, 2.75) is 12.5 Å². The van der Waals surface area contributed by atoms with E-state index in [2.05, 4.69) is 0 Å². The Balaban J connectivity index is 2.45. The minimum absolute atomic E-state index is 0.478. The summed E-state index contributed by atoms with van der Waals surface area (Å²) in [7, 11) is 0. The van der Waals surface area contributed by atoms with Crippen molar-refractivity contribution >= 4 is 50.8 Å². The van der Waals surface area contributed by atoms with Gasteiger partial charge in [0.2, 0.25) is 0 Å². The summed E-state index contributed by atoms with van der Waals surface area (Å²) in [5.41, 5.74) is 0.116. The summed E-state index contributed by atoms with van der Waals surface area (Å²) in [4.78, 5) is 0. The molecule has 1 heterocycles. The van der Waals surface area contributed by atoms with Gasteiger partial charge in [-0.25, -0.2) is 0 Å². The quantitative estimate of drug-likeness (QED) is 0.692. The van der Waals surface area contributed by atoms with Gasteiger partial charge in [0.05, 0.1) is 0 Å². The molecule has 5 heteroatoms. The Kier molecular flexibility index (Phi) is 2.97. The summed E-state index contributed by atoms with van der Waals surface area (Å²) in [6.45, 7) is 1.46. The molecule has 0 saturated heterocycles. The average molecular weight is 307 g/mol. The minimum Gasteiger partial charge on any atom is -0.500 e. The Morgan fingerprint density at radius 2 is 2.00 bits per heavy atom. The molecule has 20 heavy (non-hydrogen) atoms. The first-order valence-corrected chi connectivity index (χ1v) is 6.77. The smallest absolute Gasteiger partial charge is 0.193 e. The van der Waals surface area contributed by atoms with Gasteiger partial charge in [-0.2, -0.15) is 0 Å². The number of thiocarbonyl (C=S) groups is 1. The standard InChI is InChI=1S/C15H11ClO3S/c1-15(18,14(17)20)10-3-2-4-11-13(10)9-6-5-8(16)7-12(9)19-11/h2-7,18H,1H3,(H,17,20). The number of halogens is 1. The summed E-state index contributed by atoms with van der Waals surface area (Å²) < 4.78 is 5.73. The SMILES string of the molecule is CC(O)(C(O)=S)c1cccc2oc3cc(Cl)ccc3c12. The molecule has 0 aliphatic carbocycles. The van der Waals surface area contributed by atoms with Crippen molar-refractivity contribution in [3.8, 4) is 0 Å². The fourth-order valence-corrected chi connectivity index (χ4v) is 2.59. The van der Waals surface area contributed by atoms with Crippen LogP contribution in [-0.4, -0.2) is 15.3 Å². The van der Waals surface area contributed by atoms with Gasteiger partial charge in [-0.05, 0) is 37.3 Å². The second-order valence-corrected chi connectivity index (χ2v) is 5.62. The number of benzene rings is 2. The zero-order chi connectivity index (χ0) is 14.5. The molecule has 102 valence electrons. The van der Waals surface area contributed by atoms with Crippen LogP contribution in [0.4, 0.5) is 0 Å².